The minimum absolute atomic E-state index is 0.466. The lowest BCUT2D eigenvalue weighted by molar-refractivity contribution is 0.0874. The summed E-state index contributed by atoms with van der Waals surface area (Å²) in [5.41, 5.74) is -0.804. The number of likely N-dealkylation sites (N-methyl/N-ethyl adjacent to an activating group) is 1. The van der Waals surface area contributed by atoms with Crippen molar-refractivity contribution in [3.63, 3.8) is 0 Å². The lowest BCUT2D eigenvalue weighted by Gasteiger charge is -2.29. The SMILES string of the molecule is CCCNc1ncc(Cl)c(N(CC)CC(C)(C)O)n1. The maximum atomic E-state index is 9.94. The van der Waals surface area contributed by atoms with Crippen LogP contribution in [0.1, 0.15) is 34.1 Å². The molecule has 1 aromatic heterocycles. The lowest BCUT2D eigenvalue weighted by Crippen LogP contribution is -2.39. The Morgan fingerprint density at radius 3 is 2.63 bits per heavy atom. The van der Waals surface area contributed by atoms with Crippen molar-refractivity contribution in [1.29, 1.82) is 0 Å². The Bertz CT molecular complexity index is 406. The average molecular weight is 287 g/mol. The lowest BCUT2D eigenvalue weighted by atomic mass is 10.1. The minimum atomic E-state index is -0.804. The predicted molar refractivity (Wildman–Crippen MR) is 80.0 cm³/mol. The summed E-state index contributed by atoms with van der Waals surface area (Å²) < 4.78 is 0. The van der Waals surface area contributed by atoms with E-state index in [1.54, 1.807) is 20.0 Å². The topological polar surface area (TPSA) is 61.3 Å². The Morgan fingerprint density at radius 2 is 2.11 bits per heavy atom. The highest BCUT2D eigenvalue weighted by Gasteiger charge is 2.20. The summed E-state index contributed by atoms with van der Waals surface area (Å²) in [6.07, 6.45) is 2.59. The van der Waals surface area contributed by atoms with Gasteiger partial charge in [-0.05, 0) is 27.2 Å². The molecule has 0 saturated carbocycles. The van der Waals surface area contributed by atoms with Crippen molar-refractivity contribution in [3.05, 3.63) is 11.2 Å². The molecule has 2 N–H and O–H groups in total. The van der Waals surface area contributed by atoms with Gasteiger partial charge >= 0.3 is 0 Å². The third-order valence-electron chi connectivity index (χ3n) is 2.52. The Balaban J connectivity index is 2.95. The molecule has 0 radical (unpaired) electrons. The van der Waals surface area contributed by atoms with Crippen molar-refractivity contribution >= 4 is 23.4 Å². The maximum absolute atomic E-state index is 9.94. The number of nitrogens with one attached hydrogen (secondary N) is 1. The Hall–Kier alpha value is -1.07. The summed E-state index contributed by atoms with van der Waals surface area (Å²) in [4.78, 5) is 10.5. The smallest absolute Gasteiger partial charge is 0.224 e. The third-order valence-corrected chi connectivity index (χ3v) is 2.78. The number of anilines is 2. The highest BCUT2D eigenvalue weighted by atomic mass is 35.5. The molecule has 6 heteroatoms. The number of hydrogen-bond donors (Lipinski definition) is 2. The molecule has 0 saturated heterocycles. The Morgan fingerprint density at radius 1 is 1.42 bits per heavy atom. The fourth-order valence-corrected chi connectivity index (χ4v) is 1.92. The summed E-state index contributed by atoms with van der Waals surface area (Å²) in [6.45, 7) is 9.61. The molecule has 19 heavy (non-hydrogen) atoms. The zero-order chi connectivity index (χ0) is 14.5. The van der Waals surface area contributed by atoms with Crippen LogP contribution in [-0.4, -0.2) is 40.3 Å². The molecular weight excluding hydrogens is 264 g/mol. The second-order valence-electron chi connectivity index (χ2n) is 5.12. The zero-order valence-corrected chi connectivity index (χ0v) is 12.8. The normalized spacial score (nSPS) is 11.5. The summed E-state index contributed by atoms with van der Waals surface area (Å²) in [7, 11) is 0. The van der Waals surface area contributed by atoms with E-state index in [-0.39, 0.29) is 0 Å². The quantitative estimate of drug-likeness (QED) is 0.807. The molecule has 0 unspecified atom stereocenters. The molecule has 0 spiro atoms. The van der Waals surface area contributed by atoms with Crippen molar-refractivity contribution in [2.45, 2.75) is 39.7 Å². The van der Waals surface area contributed by atoms with Gasteiger partial charge in [0, 0.05) is 19.6 Å². The van der Waals surface area contributed by atoms with Crippen LogP contribution in [0.2, 0.25) is 5.02 Å². The van der Waals surface area contributed by atoms with E-state index in [2.05, 4.69) is 22.2 Å². The van der Waals surface area contributed by atoms with E-state index < -0.39 is 5.60 Å². The molecule has 0 amide bonds. The van der Waals surface area contributed by atoms with Crippen molar-refractivity contribution in [3.8, 4) is 0 Å². The van der Waals surface area contributed by atoms with Gasteiger partial charge in [-0.25, -0.2) is 4.98 Å². The van der Waals surface area contributed by atoms with Gasteiger partial charge in [0.2, 0.25) is 5.95 Å². The van der Waals surface area contributed by atoms with Gasteiger partial charge in [-0.1, -0.05) is 18.5 Å². The fourth-order valence-electron chi connectivity index (χ4n) is 1.71. The first kappa shape index (κ1) is 16.0. The Labute approximate surface area is 120 Å². The molecule has 5 nitrogen and oxygen atoms in total. The van der Waals surface area contributed by atoms with Crippen LogP contribution in [-0.2, 0) is 0 Å². The average Bonchev–Trinajstić information content (AvgIpc) is 2.34. The van der Waals surface area contributed by atoms with E-state index in [0.29, 0.717) is 29.9 Å². The molecule has 0 aliphatic heterocycles. The fraction of sp³-hybridized carbons (Fsp3) is 0.692. The van der Waals surface area contributed by atoms with Crippen LogP contribution >= 0.6 is 11.6 Å². The van der Waals surface area contributed by atoms with Gasteiger partial charge in [0.15, 0.2) is 5.82 Å². The number of rotatable bonds is 7. The number of aliphatic hydroxyl groups is 1. The summed E-state index contributed by atoms with van der Waals surface area (Å²) in [6, 6.07) is 0. The van der Waals surface area contributed by atoms with Gasteiger partial charge in [0.05, 0.1) is 11.8 Å². The number of aromatic nitrogens is 2. The van der Waals surface area contributed by atoms with Crippen LogP contribution in [0.15, 0.2) is 6.20 Å². The highest BCUT2D eigenvalue weighted by molar-refractivity contribution is 6.32. The van der Waals surface area contributed by atoms with E-state index in [1.807, 2.05) is 11.8 Å². The Kier molecular flexibility index (Phi) is 5.82. The number of hydrogen-bond acceptors (Lipinski definition) is 5. The van der Waals surface area contributed by atoms with Crippen LogP contribution < -0.4 is 10.2 Å². The molecular formula is C13H23ClN4O. The number of halogens is 1. The van der Waals surface area contributed by atoms with Crippen molar-refractivity contribution in [1.82, 2.24) is 9.97 Å². The largest absolute Gasteiger partial charge is 0.389 e. The van der Waals surface area contributed by atoms with Crippen molar-refractivity contribution in [2.75, 3.05) is 29.9 Å². The molecule has 108 valence electrons. The first-order valence-corrected chi connectivity index (χ1v) is 6.99. The van der Waals surface area contributed by atoms with Crippen LogP contribution in [0.3, 0.4) is 0 Å². The molecule has 1 aromatic rings. The molecule has 0 bridgehead atoms. The summed E-state index contributed by atoms with van der Waals surface area (Å²) in [5.74, 6) is 1.22. The minimum Gasteiger partial charge on any atom is -0.389 e. The van der Waals surface area contributed by atoms with E-state index >= 15 is 0 Å². The van der Waals surface area contributed by atoms with Crippen molar-refractivity contribution < 1.29 is 5.11 Å². The second-order valence-corrected chi connectivity index (χ2v) is 5.53. The third kappa shape index (κ3) is 5.20. The van der Waals surface area contributed by atoms with Gasteiger partial charge in [0.25, 0.3) is 0 Å². The van der Waals surface area contributed by atoms with Crippen LogP contribution in [0.4, 0.5) is 11.8 Å². The first-order valence-electron chi connectivity index (χ1n) is 6.61. The van der Waals surface area contributed by atoms with Crippen LogP contribution in [0.5, 0.6) is 0 Å². The summed E-state index contributed by atoms with van der Waals surface area (Å²) >= 11 is 6.16. The van der Waals surface area contributed by atoms with Gasteiger partial charge in [-0.2, -0.15) is 4.98 Å². The van der Waals surface area contributed by atoms with Crippen molar-refractivity contribution in [2.24, 2.45) is 0 Å². The van der Waals surface area contributed by atoms with Gasteiger partial charge < -0.3 is 15.3 Å². The van der Waals surface area contributed by atoms with E-state index in [9.17, 15) is 5.11 Å². The highest BCUT2D eigenvalue weighted by Crippen LogP contribution is 2.25. The molecule has 0 aliphatic rings. The molecule has 0 atom stereocenters. The van der Waals surface area contributed by atoms with E-state index in [1.165, 1.54) is 0 Å². The monoisotopic (exact) mass is 286 g/mol. The molecule has 0 aromatic carbocycles. The van der Waals surface area contributed by atoms with Gasteiger partial charge in [-0.3, -0.25) is 0 Å². The van der Waals surface area contributed by atoms with E-state index in [0.717, 1.165) is 13.0 Å². The molecule has 1 rings (SSSR count). The van der Waals surface area contributed by atoms with Gasteiger partial charge in [0.1, 0.15) is 5.02 Å². The maximum Gasteiger partial charge on any atom is 0.224 e. The van der Waals surface area contributed by atoms with Crippen LogP contribution in [0.25, 0.3) is 0 Å². The molecule has 0 fully saturated rings. The zero-order valence-electron chi connectivity index (χ0n) is 12.1. The van der Waals surface area contributed by atoms with Crippen LogP contribution in [0, 0.1) is 0 Å². The second kappa shape index (κ2) is 6.91. The number of nitrogens with zero attached hydrogens (tertiary/aromatic N) is 3. The predicted octanol–water partition coefficient (Wildman–Crippen LogP) is 2.55. The summed E-state index contributed by atoms with van der Waals surface area (Å²) in [5, 5.41) is 13.6. The van der Waals surface area contributed by atoms with E-state index in [4.69, 9.17) is 11.6 Å². The van der Waals surface area contributed by atoms with Gasteiger partial charge in [-0.15, -0.1) is 0 Å². The first-order chi connectivity index (χ1) is 8.87. The molecule has 0 aliphatic carbocycles. The standard InChI is InChI=1S/C13H23ClN4O/c1-5-7-15-12-16-8-10(14)11(17-12)18(6-2)9-13(3,4)19/h8,19H,5-7,9H2,1-4H3,(H,15,16,17). The molecule has 1 heterocycles.